The van der Waals surface area contributed by atoms with Gasteiger partial charge in [0.2, 0.25) is 15.0 Å². The average molecular weight is 412 g/mol. The summed E-state index contributed by atoms with van der Waals surface area (Å²) in [5.41, 5.74) is 0.926. The maximum atomic E-state index is 12.3. The quantitative estimate of drug-likeness (QED) is 0.642. The lowest BCUT2D eigenvalue weighted by molar-refractivity contribution is -0.150. The summed E-state index contributed by atoms with van der Waals surface area (Å²) in [6.45, 7) is 5.12. The first kappa shape index (κ1) is 21.3. The summed E-state index contributed by atoms with van der Waals surface area (Å²) in [6.07, 6.45) is 10.7. The van der Waals surface area contributed by atoms with Crippen molar-refractivity contribution in [2.75, 3.05) is 26.0 Å². The molecule has 7 nitrogen and oxygen atoms in total. The largest absolute Gasteiger partial charge is 0.466 e. The van der Waals surface area contributed by atoms with Gasteiger partial charge >= 0.3 is 5.97 Å². The standard InChI is InChI=1S/C20H33N3O4S/c1-3-27-19(24)17-10-7-11-22(14-17)15-18-12-21-20(28(2,25)26)23(18)13-16-8-5-4-6-9-16/h12,16-17H,3-11,13-15H2,1-2H3/t17-/m0/s1. The van der Waals surface area contributed by atoms with Crippen LogP contribution >= 0.6 is 0 Å². The number of carbonyl (C=O) groups excluding carboxylic acids is 1. The summed E-state index contributed by atoms with van der Waals surface area (Å²) in [4.78, 5) is 18.6. The Kier molecular flexibility index (Phi) is 7.15. The minimum absolute atomic E-state index is 0.0993. The monoisotopic (exact) mass is 411 g/mol. The lowest BCUT2D eigenvalue weighted by atomic mass is 9.89. The third-order valence-corrected chi connectivity index (χ3v) is 6.90. The fourth-order valence-electron chi connectivity index (χ4n) is 4.52. The Morgan fingerprint density at radius 1 is 1.21 bits per heavy atom. The van der Waals surface area contributed by atoms with Crippen molar-refractivity contribution in [1.82, 2.24) is 14.5 Å². The number of imidazole rings is 1. The molecule has 2 fully saturated rings. The zero-order chi connectivity index (χ0) is 20.1. The Bertz CT molecular complexity index is 768. The van der Waals surface area contributed by atoms with Gasteiger partial charge in [0.1, 0.15) is 0 Å². The van der Waals surface area contributed by atoms with Gasteiger partial charge in [-0.15, -0.1) is 0 Å². The van der Waals surface area contributed by atoms with E-state index in [-0.39, 0.29) is 17.0 Å². The molecule has 1 saturated heterocycles. The molecule has 158 valence electrons. The third-order valence-electron chi connectivity index (χ3n) is 5.91. The van der Waals surface area contributed by atoms with E-state index >= 15 is 0 Å². The van der Waals surface area contributed by atoms with E-state index in [1.165, 1.54) is 25.5 Å². The second-order valence-corrected chi connectivity index (χ2v) is 10.2. The van der Waals surface area contributed by atoms with Crippen LogP contribution in [0, 0.1) is 11.8 Å². The number of esters is 1. The molecular weight excluding hydrogens is 378 g/mol. The number of ether oxygens (including phenoxy) is 1. The summed E-state index contributed by atoms with van der Waals surface area (Å²) in [5, 5.41) is 0.173. The van der Waals surface area contributed by atoms with Crippen LogP contribution in [-0.2, 0) is 32.5 Å². The molecule has 28 heavy (non-hydrogen) atoms. The molecule has 1 aromatic heterocycles. The third kappa shape index (κ3) is 5.35. The van der Waals surface area contributed by atoms with Gasteiger partial charge in [0.05, 0.1) is 24.4 Å². The molecule has 0 unspecified atom stereocenters. The number of carbonyl (C=O) groups is 1. The second-order valence-electron chi connectivity index (χ2n) is 8.25. The van der Waals surface area contributed by atoms with Crippen LogP contribution in [0.5, 0.6) is 0 Å². The van der Waals surface area contributed by atoms with Gasteiger partial charge in [-0.2, -0.15) is 0 Å². The smallest absolute Gasteiger partial charge is 0.310 e. The van der Waals surface area contributed by atoms with Crippen LogP contribution in [0.25, 0.3) is 0 Å². The van der Waals surface area contributed by atoms with E-state index in [1.54, 1.807) is 6.20 Å². The molecule has 0 spiro atoms. The average Bonchev–Trinajstić information content (AvgIpc) is 3.05. The molecule has 1 aromatic rings. The minimum atomic E-state index is -3.38. The maximum Gasteiger partial charge on any atom is 0.310 e. The van der Waals surface area contributed by atoms with Crippen LogP contribution in [-0.4, -0.2) is 54.8 Å². The van der Waals surface area contributed by atoms with Crippen LogP contribution in [0.15, 0.2) is 11.4 Å². The van der Waals surface area contributed by atoms with Gasteiger partial charge in [-0.1, -0.05) is 19.3 Å². The van der Waals surface area contributed by atoms with Crippen molar-refractivity contribution >= 4 is 15.8 Å². The van der Waals surface area contributed by atoms with Crippen molar-refractivity contribution in [3.63, 3.8) is 0 Å². The molecule has 8 heteroatoms. The Labute approximate surface area is 168 Å². The van der Waals surface area contributed by atoms with E-state index in [1.807, 2.05) is 11.5 Å². The normalized spacial score (nSPS) is 22.3. The Hall–Kier alpha value is -1.41. The molecular formula is C20H33N3O4S. The highest BCUT2D eigenvalue weighted by Crippen LogP contribution is 2.28. The molecule has 2 aliphatic rings. The predicted molar refractivity (Wildman–Crippen MR) is 107 cm³/mol. The van der Waals surface area contributed by atoms with Gasteiger partial charge in [-0.05, 0) is 45.1 Å². The molecule has 1 saturated carbocycles. The number of hydrogen-bond donors (Lipinski definition) is 0. The predicted octanol–water partition coefficient (Wildman–Crippen LogP) is 2.64. The van der Waals surface area contributed by atoms with E-state index in [4.69, 9.17) is 4.74 Å². The first-order valence-electron chi connectivity index (χ1n) is 10.5. The van der Waals surface area contributed by atoms with Crippen LogP contribution in [0.4, 0.5) is 0 Å². The first-order chi connectivity index (χ1) is 13.4. The fourth-order valence-corrected chi connectivity index (χ4v) is 5.35. The molecule has 0 amide bonds. The summed E-state index contributed by atoms with van der Waals surface area (Å²) in [5.74, 6) is 0.286. The van der Waals surface area contributed by atoms with Gasteiger partial charge in [0.15, 0.2) is 0 Å². The van der Waals surface area contributed by atoms with Crippen molar-refractivity contribution in [3.8, 4) is 0 Å². The Morgan fingerprint density at radius 3 is 2.64 bits per heavy atom. The minimum Gasteiger partial charge on any atom is -0.466 e. The zero-order valence-electron chi connectivity index (χ0n) is 17.1. The van der Waals surface area contributed by atoms with Gasteiger partial charge in [0.25, 0.3) is 0 Å². The number of aromatic nitrogens is 2. The van der Waals surface area contributed by atoms with E-state index in [2.05, 4.69) is 9.88 Å². The van der Waals surface area contributed by atoms with Crippen molar-refractivity contribution < 1.29 is 17.9 Å². The Balaban J connectivity index is 1.75. The number of hydrogen-bond acceptors (Lipinski definition) is 6. The summed E-state index contributed by atoms with van der Waals surface area (Å²) in [6, 6.07) is 0. The highest BCUT2D eigenvalue weighted by atomic mass is 32.2. The number of piperidine rings is 1. The SMILES string of the molecule is CCOC(=O)[C@H]1CCCN(Cc2cnc(S(C)(=O)=O)n2CC2CCCCC2)C1. The van der Waals surface area contributed by atoms with Gasteiger partial charge in [-0.3, -0.25) is 9.69 Å². The molecule has 0 aromatic carbocycles. The van der Waals surface area contributed by atoms with Gasteiger partial charge < -0.3 is 9.30 Å². The van der Waals surface area contributed by atoms with Crippen LogP contribution in [0.1, 0.15) is 57.6 Å². The van der Waals surface area contributed by atoms with E-state index in [0.29, 0.717) is 32.2 Å². The molecule has 1 aliphatic carbocycles. The summed E-state index contributed by atoms with van der Waals surface area (Å²) in [7, 11) is -3.38. The van der Waals surface area contributed by atoms with Gasteiger partial charge in [0, 0.05) is 25.9 Å². The van der Waals surface area contributed by atoms with Crippen molar-refractivity contribution in [1.29, 1.82) is 0 Å². The first-order valence-corrected chi connectivity index (χ1v) is 12.4. The molecule has 0 bridgehead atoms. The van der Waals surface area contributed by atoms with Crippen molar-refractivity contribution in [2.24, 2.45) is 11.8 Å². The second kappa shape index (κ2) is 9.39. The fraction of sp³-hybridized carbons (Fsp3) is 0.800. The lowest BCUT2D eigenvalue weighted by Gasteiger charge is -2.32. The summed E-state index contributed by atoms with van der Waals surface area (Å²) < 4.78 is 31.6. The van der Waals surface area contributed by atoms with Crippen molar-refractivity contribution in [3.05, 3.63) is 11.9 Å². The molecule has 2 heterocycles. The van der Waals surface area contributed by atoms with Crippen LogP contribution in [0.3, 0.4) is 0 Å². The van der Waals surface area contributed by atoms with E-state index in [9.17, 15) is 13.2 Å². The van der Waals surface area contributed by atoms with Crippen LogP contribution in [0.2, 0.25) is 0 Å². The number of likely N-dealkylation sites (tertiary alicyclic amines) is 1. The molecule has 3 rings (SSSR count). The topological polar surface area (TPSA) is 81.5 Å². The molecule has 1 atom stereocenters. The molecule has 1 aliphatic heterocycles. The highest BCUT2D eigenvalue weighted by molar-refractivity contribution is 7.90. The van der Waals surface area contributed by atoms with E-state index < -0.39 is 9.84 Å². The van der Waals surface area contributed by atoms with Crippen molar-refractivity contribution in [2.45, 2.75) is 70.1 Å². The number of sulfone groups is 1. The maximum absolute atomic E-state index is 12.3. The van der Waals surface area contributed by atoms with E-state index in [0.717, 1.165) is 37.9 Å². The molecule has 0 radical (unpaired) electrons. The lowest BCUT2D eigenvalue weighted by Crippen LogP contribution is -2.39. The number of rotatable bonds is 7. The highest BCUT2D eigenvalue weighted by Gasteiger charge is 2.29. The van der Waals surface area contributed by atoms with Crippen LogP contribution < -0.4 is 0 Å². The van der Waals surface area contributed by atoms with Gasteiger partial charge in [-0.25, -0.2) is 13.4 Å². The number of nitrogens with zero attached hydrogens (tertiary/aromatic N) is 3. The Morgan fingerprint density at radius 2 is 1.96 bits per heavy atom. The summed E-state index contributed by atoms with van der Waals surface area (Å²) >= 11 is 0. The zero-order valence-corrected chi connectivity index (χ0v) is 17.9. The molecule has 0 N–H and O–H groups in total.